The monoisotopic (exact) mass is 439 g/mol. The molecule has 0 aromatic heterocycles. The Bertz CT molecular complexity index is 740. The van der Waals surface area contributed by atoms with E-state index in [4.69, 9.17) is 9.13 Å². The van der Waals surface area contributed by atoms with Gasteiger partial charge in [-0.25, -0.2) is 4.21 Å². The number of fused-ring (bicyclic) bond motifs is 1. The second-order valence-corrected chi connectivity index (χ2v) is 11.6. The van der Waals surface area contributed by atoms with Crippen LogP contribution in [0.2, 0.25) is 0 Å². The standard InChI is InChI=1S/C21H30BrNO2S/c1-6-14-12-21(10-9-18(14)25-5)13-15-7-8-16(22)11-17(15)19(21)23-26(24)20(2,3)4/h7-8,11,14,18H,6,9-10,12-13H2,1-5H3. The van der Waals surface area contributed by atoms with Gasteiger partial charge in [-0.1, -0.05) is 35.3 Å². The van der Waals surface area contributed by atoms with Gasteiger partial charge in [-0.3, -0.25) is 0 Å². The van der Waals surface area contributed by atoms with Crippen LogP contribution >= 0.6 is 15.9 Å². The summed E-state index contributed by atoms with van der Waals surface area (Å²) in [5.41, 5.74) is 3.58. The molecule has 0 saturated heterocycles. The largest absolute Gasteiger partial charge is 0.381 e. The SMILES string of the molecule is CCC1CC2(CCC1OC)Cc1ccc(Br)cc1C2=NS(=O)C(C)(C)C. The van der Waals surface area contributed by atoms with Crippen LogP contribution in [-0.2, 0) is 22.1 Å². The lowest BCUT2D eigenvalue weighted by Gasteiger charge is -2.42. The topological polar surface area (TPSA) is 38.7 Å². The van der Waals surface area contributed by atoms with Gasteiger partial charge in [-0.15, -0.1) is 0 Å². The summed E-state index contributed by atoms with van der Waals surface area (Å²) in [5, 5.41) is 0. The highest BCUT2D eigenvalue weighted by molar-refractivity contribution is 9.10. The van der Waals surface area contributed by atoms with E-state index < -0.39 is 11.0 Å². The van der Waals surface area contributed by atoms with Crippen molar-refractivity contribution in [1.29, 1.82) is 0 Å². The Morgan fingerprint density at radius 2 is 2.12 bits per heavy atom. The molecule has 4 atom stereocenters. The summed E-state index contributed by atoms with van der Waals surface area (Å²) in [4.78, 5) is 0. The first-order valence-electron chi connectivity index (χ1n) is 9.53. The fraction of sp³-hybridized carbons (Fsp3) is 0.667. The van der Waals surface area contributed by atoms with Gasteiger partial charge in [0.05, 0.1) is 16.6 Å². The highest BCUT2D eigenvalue weighted by Gasteiger charge is 2.49. The van der Waals surface area contributed by atoms with E-state index in [1.807, 2.05) is 27.9 Å². The van der Waals surface area contributed by atoms with Crippen LogP contribution in [0.4, 0.5) is 0 Å². The van der Waals surface area contributed by atoms with Crippen LogP contribution in [0.5, 0.6) is 0 Å². The average Bonchev–Trinajstić information content (AvgIpc) is 2.86. The lowest BCUT2D eigenvalue weighted by Crippen LogP contribution is -2.41. The first-order valence-corrected chi connectivity index (χ1v) is 11.4. The highest BCUT2D eigenvalue weighted by atomic mass is 79.9. The quantitative estimate of drug-likeness (QED) is 0.625. The Kier molecular flexibility index (Phi) is 5.82. The third-order valence-corrected chi connectivity index (χ3v) is 7.86. The van der Waals surface area contributed by atoms with Gasteiger partial charge < -0.3 is 4.74 Å². The molecule has 0 amide bonds. The Hall–Kier alpha value is -0.520. The second kappa shape index (κ2) is 7.48. The Labute approximate surface area is 168 Å². The molecule has 144 valence electrons. The molecule has 1 saturated carbocycles. The van der Waals surface area contributed by atoms with Gasteiger partial charge >= 0.3 is 0 Å². The lowest BCUT2D eigenvalue weighted by atomic mass is 9.65. The minimum absolute atomic E-state index is 0.000255. The zero-order valence-electron chi connectivity index (χ0n) is 16.5. The van der Waals surface area contributed by atoms with Crippen LogP contribution in [-0.4, -0.2) is 27.9 Å². The number of ether oxygens (including phenoxy) is 1. The maximum Gasteiger partial charge on any atom is 0.145 e. The first-order chi connectivity index (χ1) is 12.2. The minimum Gasteiger partial charge on any atom is -0.381 e. The van der Waals surface area contributed by atoms with Gasteiger partial charge in [0.25, 0.3) is 0 Å². The molecule has 0 radical (unpaired) electrons. The van der Waals surface area contributed by atoms with Crippen LogP contribution in [0.3, 0.4) is 0 Å². The van der Waals surface area contributed by atoms with Gasteiger partial charge in [0.2, 0.25) is 0 Å². The Morgan fingerprint density at radius 3 is 2.73 bits per heavy atom. The van der Waals surface area contributed by atoms with Crippen LogP contribution in [0, 0.1) is 11.3 Å². The van der Waals surface area contributed by atoms with Crippen LogP contribution in [0.1, 0.15) is 64.5 Å². The summed E-state index contributed by atoms with van der Waals surface area (Å²) in [7, 11) is 0.578. The number of halogens is 1. The molecule has 1 spiro atoms. The fourth-order valence-electron chi connectivity index (χ4n) is 4.51. The zero-order valence-corrected chi connectivity index (χ0v) is 18.9. The van der Waals surface area contributed by atoms with Gasteiger partial charge in [0.15, 0.2) is 0 Å². The molecule has 0 aliphatic heterocycles. The number of benzene rings is 1. The van der Waals surface area contributed by atoms with Gasteiger partial charge in [0.1, 0.15) is 11.0 Å². The van der Waals surface area contributed by atoms with Crippen molar-refractivity contribution in [2.24, 2.45) is 15.7 Å². The molecule has 0 bridgehead atoms. The van der Waals surface area contributed by atoms with Crippen molar-refractivity contribution in [1.82, 2.24) is 0 Å². The smallest absolute Gasteiger partial charge is 0.145 e. The van der Waals surface area contributed by atoms with Crippen LogP contribution in [0.15, 0.2) is 27.1 Å². The molecular weight excluding hydrogens is 410 g/mol. The lowest BCUT2D eigenvalue weighted by molar-refractivity contribution is -0.00383. The van der Waals surface area contributed by atoms with Gasteiger partial charge in [-0.2, -0.15) is 4.40 Å². The van der Waals surface area contributed by atoms with E-state index in [1.165, 1.54) is 11.1 Å². The molecule has 5 heteroatoms. The number of nitrogens with zero attached hydrogens (tertiary/aromatic N) is 1. The molecule has 2 aliphatic rings. The van der Waals surface area contributed by atoms with Crippen molar-refractivity contribution in [2.45, 2.75) is 70.7 Å². The van der Waals surface area contributed by atoms with E-state index in [1.54, 1.807) is 0 Å². The summed E-state index contributed by atoms with van der Waals surface area (Å²) in [6, 6.07) is 6.47. The van der Waals surface area contributed by atoms with E-state index in [-0.39, 0.29) is 10.2 Å². The second-order valence-electron chi connectivity index (χ2n) is 8.75. The van der Waals surface area contributed by atoms with E-state index in [9.17, 15) is 4.21 Å². The predicted octanol–water partition coefficient (Wildman–Crippen LogP) is 5.47. The fourth-order valence-corrected chi connectivity index (χ4v) is 5.60. The summed E-state index contributed by atoms with van der Waals surface area (Å²) in [5.74, 6) is 0.528. The van der Waals surface area contributed by atoms with Crippen LogP contribution in [0.25, 0.3) is 0 Å². The molecule has 3 nitrogen and oxygen atoms in total. The van der Waals surface area contributed by atoms with Crippen molar-refractivity contribution in [3.63, 3.8) is 0 Å². The molecule has 1 aromatic rings. The average molecular weight is 440 g/mol. The van der Waals surface area contributed by atoms with E-state index in [2.05, 4.69) is 41.1 Å². The predicted molar refractivity (Wildman–Crippen MR) is 113 cm³/mol. The molecule has 4 unspecified atom stereocenters. The van der Waals surface area contributed by atoms with E-state index in [0.29, 0.717) is 12.0 Å². The Balaban J connectivity index is 2.07. The number of hydrogen-bond acceptors (Lipinski definition) is 2. The third kappa shape index (κ3) is 3.72. The zero-order chi connectivity index (χ0) is 19.1. The van der Waals surface area contributed by atoms with Crippen molar-refractivity contribution < 1.29 is 8.95 Å². The normalized spacial score (nSPS) is 31.4. The molecule has 0 heterocycles. The summed E-state index contributed by atoms with van der Waals surface area (Å²) in [6.45, 7) is 8.23. The molecular formula is C21H30BrNO2S. The van der Waals surface area contributed by atoms with Crippen molar-refractivity contribution in [3.8, 4) is 0 Å². The minimum atomic E-state index is -1.25. The van der Waals surface area contributed by atoms with E-state index >= 15 is 0 Å². The maximum absolute atomic E-state index is 12.9. The van der Waals surface area contributed by atoms with E-state index in [0.717, 1.165) is 42.3 Å². The van der Waals surface area contributed by atoms with Gasteiger partial charge in [-0.05, 0) is 70.1 Å². The Morgan fingerprint density at radius 1 is 1.38 bits per heavy atom. The maximum atomic E-state index is 12.9. The molecule has 1 fully saturated rings. The number of methoxy groups -OCH3 is 1. The van der Waals surface area contributed by atoms with Crippen molar-refractivity contribution >= 4 is 32.6 Å². The molecule has 3 rings (SSSR count). The third-order valence-electron chi connectivity index (χ3n) is 5.97. The molecule has 26 heavy (non-hydrogen) atoms. The van der Waals surface area contributed by atoms with Crippen molar-refractivity contribution in [2.75, 3.05) is 7.11 Å². The molecule has 0 N–H and O–H groups in total. The number of rotatable bonds is 3. The highest BCUT2D eigenvalue weighted by Crippen LogP contribution is 2.51. The van der Waals surface area contributed by atoms with Crippen molar-refractivity contribution in [3.05, 3.63) is 33.8 Å². The van der Waals surface area contributed by atoms with Crippen LogP contribution < -0.4 is 0 Å². The molecule has 2 aliphatic carbocycles. The molecule has 1 aromatic carbocycles. The first kappa shape index (κ1) is 20.2. The van der Waals surface area contributed by atoms with Gasteiger partial charge in [0, 0.05) is 22.6 Å². The number of hydrogen-bond donors (Lipinski definition) is 0. The summed E-state index contributed by atoms with van der Waals surface area (Å²) in [6.07, 6.45) is 5.60. The summed E-state index contributed by atoms with van der Waals surface area (Å²) >= 11 is 3.61. The summed E-state index contributed by atoms with van der Waals surface area (Å²) < 4.78 is 24.2.